The van der Waals surface area contributed by atoms with Crippen molar-refractivity contribution >= 4 is 17.3 Å². The summed E-state index contributed by atoms with van der Waals surface area (Å²) in [6.07, 6.45) is 1.29. The van der Waals surface area contributed by atoms with Gasteiger partial charge in [-0.25, -0.2) is 4.79 Å². The molecule has 0 spiro atoms. The van der Waals surface area contributed by atoms with Crippen LogP contribution < -0.4 is 0 Å². The number of aromatic nitrogens is 1. The van der Waals surface area contributed by atoms with E-state index in [1.54, 1.807) is 0 Å². The molecule has 5 heteroatoms. The van der Waals surface area contributed by atoms with Gasteiger partial charge in [0.2, 0.25) is 0 Å². The van der Waals surface area contributed by atoms with Gasteiger partial charge in [0.05, 0.1) is 12.0 Å². The van der Waals surface area contributed by atoms with E-state index in [0.717, 1.165) is 4.88 Å². The fourth-order valence-corrected chi connectivity index (χ4v) is 1.80. The number of carbonyl (C=O) groups is 1. The van der Waals surface area contributed by atoms with Gasteiger partial charge in [0.15, 0.2) is 0 Å². The van der Waals surface area contributed by atoms with Crippen molar-refractivity contribution in [3.8, 4) is 10.6 Å². The van der Waals surface area contributed by atoms with Gasteiger partial charge >= 0.3 is 5.97 Å². The molecule has 0 aliphatic carbocycles. The highest BCUT2D eigenvalue weighted by atomic mass is 32.1. The van der Waals surface area contributed by atoms with Crippen LogP contribution in [0.3, 0.4) is 0 Å². The summed E-state index contributed by atoms with van der Waals surface area (Å²) in [6, 6.07) is 3.75. The highest BCUT2D eigenvalue weighted by Crippen LogP contribution is 2.26. The Bertz CT molecular complexity index is 433. The summed E-state index contributed by atoms with van der Waals surface area (Å²) in [5, 5.41) is 5.67. The minimum absolute atomic E-state index is 0.356. The average molecular weight is 209 g/mol. The molecule has 0 aromatic carbocycles. The maximum absolute atomic E-state index is 11.3. The molecule has 4 nitrogen and oxygen atoms in total. The van der Waals surface area contributed by atoms with Crippen molar-refractivity contribution < 1.29 is 14.1 Å². The van der Waals surface area contributed by atoms with Crippen molar-refractivity contribution in [2.75, 3.05) is 7.11 Å². The van der Waals surface area contributed by atoms with E-state index in [9.17, 15) is 4.79 Å². The Hall–Kier alpha value is -1.62. The highest BCUT2D eigenvalue weighted by molar-refractivity contribution is 7.13. The molecule has 0 amide bonds. The van der Waals surface area contributed by atoms with E-state index >= 15 is 0 Å². The van der Waals surface area contributed by atoms with E-state index in [1.807, 2.05) is 17.5 Å². The molecule has 2 aromatic heterocycles. The Morgan fingerprint density at radius 1 is 1.64 bits per heavy atom. The van der Waals surface area contributed by atoms with Gasteiger partial charge < -0.3 is 9.26 Å². The molecule has 0 saturated carbocycles. The van der Waals surface area contributed by atoms with Gasteiger partial charge in [0, 0.05) is 0 Å². The lowest BCUT2D eigenvalue weighted by atomic mass is 10.2. The number of methoxy groups -OCH3 is 1. The minimum atomic E-state index is -0.436. The van der Waals surface area contributed by atoms with Crippen molar-refractivity contribution in [2.45, 2.75) is 0 Å². The number of hydrogen-bond donors (Lipinski definition) is 0. The van der Waals surface area contributed by atoms with Crippen LogP contribution in [0.25, 0.3) is 10.6 Å². The molecule has 2 aromatic rings. The van der Waals surface area contributed by atoms with Gasteiger partial charge in [-0.15, -0.1) is 11.3 Å². The zero-order valence-corrected chi connectivity index (χ0v) is 8.21. The molecule has 0 fully saturated rings. The van der Waals surface area contributed by atoms with Gasteiger partial charge in [-0.3, -0.25) is 0 Å². The van der Waals surface area contributed by atoms with E-state index in [0.29, 0.717) is 11.3 Å². The Morgan fingerprint density at radius 2 is 2.50 bits per heavy atom. The predicted octanol–water partition coefficient (Wildman–Crippen LogP) is 2.19. The summed E-state index contributed by atoms with van der Waals surface area (Å²) >= 11 is 1.49. The van der Waals surface area contributed by atoms with Crippen LogP contribution in [0.15, 0.2) is 28.3 Å². The zero-order valence-electron chi connectivity index (χ0n) is 7.39. The molecule has 0 aliphatic heterocycles. The van der Waals surface area contributed by atoms with Crippen LogP contribution >= 0.6 is 11.3 Å². The van der Waals surface area contributed by atoms with E-state index in [-0.39, 0.29) is 0 Å². The van der Waals surface area contributed by atoms with Crippen molar-refractivity contribution in [1.82, 2.24) is 5.16 Å². The number of hydrogen-bond acceptors (Lipinski definition) is 5. The normalized spacial score (nSPS) is 10.1. The Kier molecular flexibility index (Phi) is 2.32. The van der Waals surface area contributed by atoms with Crippen molar-refractivity contribution in [2.24, 2.45) is 0 Å². The SMILES string of the molecule is COC(=O)c1conc1-c1cccs1. The molecule has 0 unspecified atom stereocenters. The number of carbonyl (C=O) groups excluding carboxylic acids is 1. The van der Waals surface area contributed by atoms with Gasteiger partial charge in [0.25, 0.3) is 0 Å². The van der Waals surface area contributed by atoms with Crippen LogP contribution in [0, 0.1) is 0 Å². The first-order valence-corrected chi connectivity index (χ1v) is 4.77. The molecular formula is C9H7NO3S. The van der Waals surface area contributed by atoms with Crippen LogP contribution in [-0.4, -0.2) is 18.2 Å². The van der Waals surface area contributed by atoms with Crippen LogP contribution in [0.5, 0.6) is 0 Å². The molecule has 2 heterocycles. The smallest absolute Gasteiger partial charge is 0.343 e. The van der Waals surface area contributed by atoms with E-state index < -0.39 is 5.97 Å². The molecule has 72 valence electrons. The Morgan fingerprint density at radius 3 is 3.14 bits per heavy atom. The number of thiophene rings is 1. The predicted molar refractivity (Wildman–Crippen MR) is 51.2 cm³/mol. The highest BCUT2D eigenvalue weighted by Gasteiger charge is 2.18. The maximum Gasteiger partial charge on any atom is 0.343 e. The lowest BCUT2D eigenvalue weighted by molar-refractivity contribution is 0.0601. The molecule has 0 saturated heterocycles. The third kappa shape index (κ3) is 1.42. The molecule has 2 rings (SSSR count). The fraction of sp³-hybridized carbons (Fsp3) is 0.111. The standard InChI is InChI=1S/C9H7NO3S/c1-12-9(11)6-5-13-10-8(6)7-3-2-4-14-7/h2-5H,1H3. The molecule has 0 bridgehead atoms. The second kappa shape index (κ2) is 3.63. The first-order valence-electron chi connectivity index (χ1n) is 3.89. The monoisotopic (exact) mass is 209 g/mol. The minimum Gasteiger partial charge on any atom is -0.465 e. The largest absolute Gasteiger partial charge is 0.465 e. The van der Waals surface area contributed by atoms with Gasteiger partial charge in [-0.2, -0.15) is 0 Å². The summed E-state index contributed by atoms with van der Waals surface area (Å²) in [7, 11) is 1.33. The zero-order chi connectivity index (χ0) is 9.97. The van der Waals surface area contributed by atoms with E-state index in [1.165, 1.54) is 24.7 Å². The average Bonchev–Trinajstić information content (AvgIpc) is 2.85. The van der Waals surface area contributed by atoms with Crippen LogP contribution in [-0.2, 0) is 4.74 Å². The molecule has 0 radical (unpaired) electrons. The van der Waals surface area contributed by atoms with Crippen molar-refractivity contribution in [3.05, 3.63) is 29.3 Å². The van der Waals surface area contributed by atoms with E-state index in [2.05, 4.69) is 9.89 Å². The molecule has 0 N–H and O–H groups in total. The molecule has 0 atom stereocenters. The number of rotatable bonds is 2. The Balaban J connectivity index is 2.45. The summed E-state index contributed by atoms with van der Waals surface area (Å²) in [4.78, 5) is 12.2. The van der Waals surface area contributed by atoms with Crippen molar-refractivity contribution in [3.63, 3.8) is 0 Å². The number of nitrogens with zero attached hydrogens (tertiary/aromatic N) is 1. The summed E-state index contributed by atoms with van der Waals surface area (Å²) < 4.78 is 9.35. The van der Waals surface area contributed by atoms with Gasteiger partial charge in [-0.05, 0) is 11.4 Å². The van der Waals surface area contributed by atoms with Crippen LogP contribution in [0.1, 0.15) is 10.4 Å². The third-order valence-electron chi connectivity index (χ3n) is 1.73. The first kappa shape index (κ1) is 8.96. The quantitative estimate of drug-likeness (QED) is 0.711. The molecule has 14 heavy (non-hydrogen) atoms. The fourth-order valence-electron chi connectivity index (χ4n) is 1.08. The van der Waals surface area contributed by atoms with Crippen LogP contribution in [0.2, 0.25) is 0 Å². The molecule has 0 aliphatic rings. The lowest BCUT2D eigenvalue weighted by Crippen LogP contribution is -2.00. The number of esters is 1. The number of ether oxygens (including phenoxy) is 1. The summed E-state index contributed by atoms with van der Waals surface area (Å²) in [5.74, 6) is -0.436. The van der Waals surface area contributed by atoms with Gasteiger partial charge in [-0.1, -0.05) is 11.2 Å². The topological polar surface area (TPSA) is 52.3 Å². The van der Waals surface area contributed by atoms with Crippen molar-refractivity contribution in [1.29, 1.82) is 0 Å². The lowest BCUT2D eigenvalue weighted by Gasteiger charge is -1.95. The summed E-state index contributed by atoms with van der Waals surface area (Å²) in [5.41, 5.74) is 0.891. The Labute approximate surface area is 84.1 Å². The summed E-state index contributed by atoms with van der Waals surface area (Å²) in [6.45, 7) is 0. The third-order valence-corrected chi connectivity index (χ3v) is 2.61. The van der Waals surface area contributed by atoms with Crippen LogP contribution in [0.4, 0.5) is 0 Å². The second-order valence-corrected chi connectivity index (χ2v) is 3.49. The first-order chi connectivity index (χ1) is 6.83. The van der Waals surface area contributed by atoms with E-state index in [4.69, 9.17) is 4.52 Å². The second-order valence-electron chi connectivity index (χ2n) is 2.55. The maximum atomic E-state index is 11.3. The molecular weight excluding hydrogens is 202 g/mol. The van der Waals surface area contributed by atoms with Gasteiger partial charge in [0.1, 0.15) is 17.5 Å².